The summed E-state index contributed by atoms with van der Waals surface area (Å²) in [5.74, 6) is 0. The molecule has 6 heteroatoms. The molecule has 0 atom stereocenters. The van der Waals surface area contributed by atoms with Crippen molar-refractivity contribution < 1.29 is 9.66 Å². The van der Waals surface area contributed by atoms with Gasteiger partial charge in [0.1, 0.15) is 0 Å². The normalized spacial score (nSPS) is 23.1. The molecule has 0 unspecified atom stereocenters. The third-order valence-corrected chi connectivity index (χ3v) is 3.86. The van der Waals surface area contributed by atoms with Crippen LogP contribution in [0.25, 0.3) is 0 Å². The van der Waals surface area contributed by atoms with E-state index in [-0.39, 0.29) is 5.69 Å². The molecule has 2 rings (SSSR count). The lowest BCUT2D eigenvalue weighted by Gasteiger charge is -2.29. The first-order valence-electron chi connectivity index (χ1n) is 6.33. The van der Waals surface area contributed by atoms with E-state index < -0.39 is 4.92 Å². The van der Waals surface area contributed by atoms with Gasteiger partial charge in [-0.05, 0) is 31.7 Å². The number of anilines is 1. The zero-order chi connectivity index (χ0) is 13.8. The largest absolute Gasteiger partial charge is 0.381 e. The molecule has 1 aromatic carbocycles. The number of nitro benzene ring substituents is 1. The Hall–Kier alpha value is -1.33. The first-order valence-corrected chi connectivity index (χ1v) is 6.71. The van der Waals surface area contributed by atoms with Crippen molar-refractivity contribution in [1.82, 2.24) is 0 Å². The van der Waals surface area contributed by atoms with Crippen LogP contribution in [0.4, 0.5) is 11.4 Å². The summed E-state index contributed by atoms with van der Waals surface area (Å²) >= 11 is 6.07. The molecule has 1 aliphatic carbocycles. The Balaban J connectivity index is 2.03. The van der Waals surface area contributed by atoms with Crippen molar-refractivity contribution in [1.29, 1.82) is 0 Å². The Morgan fingerprint density at radius 3 is 2.63 bits per heavy atom. The van der Waals surface area contributed by atoms with Gasteiger partial charge in [0, 0.05) is 25.3 Å². The van der Waals surface area contributed by atoms with Gasteiger partial charge in [-0.2, -0.15) is 0 Å². The van der Waals surface area contributed by atoms with Crippen LogP contribution in [0.2, 0.25) is 5.02 Å². The first kappa shape index (κ1) is 14.1. The van der Waals surface area contributed by atoms with Crippen molar-refractivity contribution in [3.63, 3.8) is 0 Å². The van der Waals surface area contributed by atoms with E-state index in [1.165, 1.54) is 12.1 Å². The van der Waals surface area contributed by atoms with E-state index in [9.17, 15) is 10.1 Å². The number of hydrogen-bond donors (Lipinski definition) is 1. The lowest BCUT2D eigenvalue weighted by Crippen LogP contribution is -2.29. The molecule has 1 aliphatic rings. The maximum atomic E-state index is 10.8. The summed E-state index contributed by atoms with van der Waals surface area (Å²) in [4.78, 5) is 10.3. The first-order chi connectivity index (χ1) is 9.10. The Labute approximate surface area is 117 Å². The van der Waals surface area contributed by atoms with Crippen molar-refractivity contribution in [2.24, 2.45) is 0 Å². The maximum absolute atomic E-state index is 10.8. The number of non-ortho nitro benzene ring substituents is 1. The number of methoxy groups -OCH3 is 1. The number of benzene rings is 1. The molecule has 1 fully saturated rings. The molecule has 5 nitrogen and oxygen atoms in total. The van der Waals surface area contributed by atoms with Gasteiger partial charge in [0.2, 0.25) is 0 Å². The Kier molecular flexibility index (Phi) is 4.61. The topological polar surface area (TPSA) is 64.4 Å². The molecule has 0 radical (unpaired) electrons. The monoisotopic (exact) mass is 284 g/mol. The number of nitrogens with one attached hydrogen (secondary N) is 1. The van der Waals surface area contributed by atoms with Gasteiger partial charge in [-0.15, -0.1) is 0 Å². The number of ether oxygens (including phenoxy) is 1. The van der Waals surface area contributed by atoms with E-state index in [0.717, 1.165) is 25.7 Å². The molecule has 0 spiro atoms. The van der Waals surface area contributed by atoms with Crippen LogP contribution in [-0.2, 0) is 4.74 Å². The molecular weight excluding hydrogens is 268 g/mol. The molecule has 1 N–H and O–H groups in total. The molecule has 1 saturated carbocycles. The second kappa shape index (κ2) is 6.21. The number of halogens is 1. The zero-order valence-electron chi connectivity index (χ0n) is 10.8. The van der Waals surface area contributed by atoms with Crippen molar-refractivity contribution in [3.8, 4) is 0 Å². The van der Waals surface area contributed by atoms with Gasteiger partial charge < -0.3 is 10.1 Å². The van der Waals surface area contributed by atoms with Gasteiger partial charge in [-0.1, -0.05) is 11.6 Å². The highest BCUT2D eigenvalue weighted by Gasteiger charge is 2.21. The van der Waals surface area contributed by atoms with Crippen LogP contribution in [-0.4, -0.2) is 24.2 Å². The van der Waals surface area contributed by atoms with Gasteiger partial charge in [-0.3, -0.25) is 10.1 Å². The molecular formula is C13H17ClN2O3. The third-order valence-electron chi connectivity index (χ3n) is 3.53. The highest BCUT2D eigenvalue weighted by molar-refractivity contribution is 6.33. The molecule has 0 aliphatic heterocycles. The molecule has 1 aromatic rings. The zero-order valence-corrected chi connectivity index (χ0v) is 11.5. The predicted molar refractivity (Wildman–Crippen MR) is 74.8 cm³/mol. The van der Waals surface area contributed by atoms with E-state index in [1.54, 1.807) is 13.2 Å². The van der Waals surface area contributed by atoms with E-state index in [0.29, 0.717) is 22.9 Å². The van der Waals surface area contributed by atoms with Crippen LogP contribution in [0.1, 0.15) is 25.7 Å². The van der Waals surface area contributed by atoms with E-state index in [4.69, 9.17) is 16.3 Å². The molecule has 0 bridgehead atoms. The molecule has 104 valence electrons. The summed E-state index contributed by atoms with van der Waals surface area (Å²) in [6.07, 6.45) is 4.30. The van der Waals surface area contributed by atoms with Gasteiger partial charge >= 0.3 is 0 Å². The van der Waals surface area contributed by atoms with Crippen molar-refractivity contribution >= 4 is 23.0 Å². The number of hydrogen-bond acceptors (Lipinski definition) is 4. The molecule has 0 amide bonds. The summed E-state index contributed by atoms with van der Waals surface area (Å²) in [5, 5.41) is 14.6. The average Bonchev–Trinajstić information content (AvgIpc) is 2.42. The number of rotatable bonds is 4. The quantitative estimate of drug-likeness (QED) is 0.677. The van der Waals surface area contributed by atoms with Crippen LogP contribution in [0, 0.1) is 10.1 Å². The van der Waals surface area contributed by atoms with Crippen LogP contribution >= 0.6 is 11.6 Å². The second-order valence-electron chi connectivity index (χ2n) is 4.77. The SMILES string of the molecule is COC1CCC(Nc2cc([N+](=O)[O-])ccc2Cl)CC1. The van der Waals surface area contributed by atoms with Gasteiger partial charge in [0.05, 0.1) is 21.7 Å². The minimum absolute atomic E-state index is 0.0532. The smallest absolute Gasteiger partial charge is 0.271 e. The minimum atomic E-state index is -0.413. The molecule has 0 heterocycles. The van der Waals surface area contributed by atoms with Gasteiger partial charge in [0.25, 0.3) is 5.69 Å². The number of nitro groups is 1. The molecule has 0 aromatic heterocycles. The summed E-state index contributed by atoms with van der Waals surface area (Å²) in [6.45, 7) is 0. The lowest BCUT2D eigenvalue weighted by molar-refractivity contribution is -0.384. The fourth-order valence-electron chi connectivity index (χ4n) is 2.40. The van der Waals surface area contributed by atoms with E-state index >= 15 is 0 Å². The van der Waals surface area contributed by atoms with Crippen LogP contribution in [0.5, 0.6) is 0 Å². The molecule has 0 saturated heterocycles. The van der Waals surface area contributed by atoms with E-state index in [2.05, 4.69) is 5.32 Å². The van der Waals surface area contributed by atoms with Crippen LogP contribution < -0.4 is 5.32 Å². The highest BCUT2D eigenvalue weighted by Crippen LogP contribution is 2.30. The summed E-state index contributed by atoms with van der Waals surface area (Å²) in [6, 6.07) is 4.76. The fourth-order valence-corrected chi connectivity index (χ4v) is 2.57. The predicted octanol–water partition coefficient (Wildman–Crippen LogP) is 3.62. The summed E-state index contributed by atoms with van der Waals surface area (Å²) in [5.41, 5.74) is 0.689. The summed E-state index contributed by atoms with van der Waals surface area (Å²) in [7, 11) is 1.73. The van der Waals surface area contributed by atoms with Gasteiger partial charge in [0.15, 0.2) is 0 Å². The van der Waals surface area contributed by atoms with E-state index in [1.807, 2.05) is 0 Å². The second-order valence-corrected chi connectivity index (χ2v) is 5.18. The molecule has 19 heavy (non-hydrogen) atoms. The Morgan fingerprint density at radius 2 is 2.05 bits per heavy atom. The van der Waals surface area contributed by atoms with Gasteiger partial charge in [-0.25, -0.2) is 0 Å². The van der Waals surface area contributed by atoms with Crippen molar-refractivity contribution in [3.05, 3.63) is 33.3 Å². The summed E-state index contributed by atoms with van der Waals surface area (Å²) < 4.78 is 5.32. The van der Waals surface area contributed by atoms with Crippen LogP contribution in [0.15, 0.2) is 18.2 Å². The standard InChI is InChI=1S/C13H17ClN2O3/c1-19-11-5-2-9(3-6-11)15-13-8-10(16(17)18)4-7-12(13)14/h4,7-9,11,15H,2-3,5-6H2,1H3. The van der Waals surface area contributed by atoms with Crippen LogP contribution in [0.3, 0.4) is 0 Å². The lowest BCUT2D eigenvalue weighted by atomic mass is 9.93. The Bertz CT molecular complexity index is 459. The third kappa shape index (κ3) is 3.58. The van der Waals surface area contributed by atoms with Crippen molar-refractivity contribution in [2.45, 2.75) is 37.8 Å². The fraction of sp³-hybridized carbons (Fsp3) is 0.538. The van der Waals surface area contributed by atoms with Crippen molar-refractivity contribution in [2.75, 3.05) is 12.4 Å². The maximum Gasteiger partial charge on any atom is 0.271 e. The number of nitrogens with zero attached hydrogens (tertiary/aromatic N) is 1. The Morgan fingerprint density at radius 1 is 1.37 bits per heavy atom. The highest BCUT2D eigenvalue weighted by atomic mass is 35.5. The minimum Gasteiger partial charge on any atom is -0.381 e. The average molecular weight is 285 g/mol.